The summed E-state index contributed by atoms with van der Waals surface area (Å²) in [5.41, 5.74) is 1.60. The monoisotopic (exact) mass is 375 g/mol. The van der Waals surface area contributed by atoms with Crippen molar-refractivity contribution in [3.05, 3.63) is 59.7 Å². The number of ether oxygens (including phenoxy) is 2. The number of aliphatic hydroxyl groups is 1. The first-order chi connectivity index (χ1) is 13.0. The quantitative estimate of drug-likeness (QED) is 0.661. The van der Waals surface area contributed by atoms with E-state index in [1.807, 2.05) is 24.3 Å². The van der Waals surface area contributed by atoms with Crippen LogP contribution in [-0.2, 0) is 17.7 Å². The number of aromatic nitrogens is 1. The Morgan fingerprint density at radius 2 is 2.11 bits per heavy atom. The second kappa shape index (κ2) is 8.79. The molecule has 1 aromatic carbocycles. The van der Waals surface area contributed by atoms with Crippen molar-refractivity contribution < 1.29 is 23.8 Å². The fourth-order valence-electron chi connectivity index (χ4n) is 3.03. The number of carbonyl (C=O) groups excluding carboxylic acids is 1. The summed E-state index contributed by atoms with van der Waals surface area (Å²) in [5.74, 6) is 0.149. The minimum atomic E-state index is -0.794. The predicted molar refractivity (Wildman–Crippen MR) is 95.8 cm³/mol. The van der Waals surface area contributed by atoms with Gasteiger partial charge in [0.1, 0.15) is 18.0 Å². The van der Waals surface area contributed by atoms with Crippen molar-refractivity contribution in [3.63, 3.8) is 0 Å². The largest absolute Gasteiger partial charge is 0.497 e. The second-order valence-electron chi connectivity index (χ2n) is 6.34. The van der Waals surface area contributed by atoms with Crippen LogP contribution in [0.5, 0.6) is 5.75 Å². The van der Waals surface area contributed by atoms with E-state index >= 15 is 0 Å². The van der Waals surface area contributed by atoms with Crippen LogP contribution in [-0.4, -0.2) is 48.1 Å². The molecule has 0 unspecified atom stereocenters. The van der Waals surface area contributed by atoms with E-state index in [4.69, 9.17) is 9.47 Å². The third kappa shape index (κ3) is 5.15. The Labute approximate surface area is 156 Å². The Hall–Kier alpha value is -2.71. The van der Waals surface area contributed by atoms with Gasteiger partial charge >= 0.3 is 6.09 Å². The van der Waals surface area contributed by atoms with Crippen LogP contribution in [0.3, 0.4) is 0 Å². The predicted octanol–water partition coefficient (Wildman–Crippen LogP) is 1.40. The molecule has 0 bridgehead atoms. The van der Waals surface area contributed by atoms with E-state index in [-0.39, 0.29) is 12.6 Å². The van der Waals surface area contributed by atoms with Crippen molar-refractivity contribution in [2.24, 2.45) is 0 Å². The molecule has 3 rings (SSSR count). The molecule has 0 aliphatic carbocycles. The molecule has 3 atom stereocenters. The first-order valence-electron chi connectivity index (χ1n) is 8.64. The van der Waals surface area contributed by atoms with E-state index in [2.05, 4.69) is 15.6 Å². The number of β-amino-alcohol motifs (C(OH)–C–C–N with tert-alkyl or cyclic N) is 1. The Balaban J connectivity index is 1.55. The molecule has 1 aliphatic rings. The molecular formula is C19H22FN3O4. The van der Waals surface area contributed by atoms with Crippen LogP contribution >= 0.6 is 0 Å². The topological polar surface area (TPSA) is 92.7 Å². The number of pyridine rings is 1. The number of amides is 1. The minimum Gasteiger partial charge on any atom is -0.497 e. The Bertz CT molecular complexity index is 772. The Morgan fingerprint density at radius 1 is 1.33 bits per heavy atom. The number of nitrogens with one attached hydrogen (secondary N) is 2. The second-order valence-corrected chi connectivity index (χ2v) is 6.34. The molecule has 144 valence electrons. The summed E-state index contributed by atoms with van der Waals surface area (Å²) in [6.07, 6.45) is -0.222. The van der Waals surface area contributed by atoms with Gasteiger partial charge in [-0.15, -0.1) is 0 Å². The molecule has 1 saturated heterocycles. The Morgan fingerprint density at radius 3 is 2.81 bits per heavy atom. The maximum Gasteiger partial charge on any atom is 0.407 e. The number of methoxy groups -OCH3 is 1. The summed E-state index contributed by atoms with van der Waals surface area (Å²) < 4.78 is 23.6. The van der Waals surface area contributed by atoms with Gasteiger partial charge < -0.3 is 25.2 Å². The highest BCUT2D eigenvalue weighted by molar-refractivity contribution is 5.67. The minimum absolute atomic E-state index is 0.109. The fourth-order valence-corrected chi connectivity index (χ4v) is 3.03. The zero-order chi connectivity index (χ0) is 19.2. The summed E-state index contributed by atoms with van der Waals surface area (Å²) in [6, 6.07) is 10.2. The number of hydrogen-bond acceptors (Lipinski definition) is 6. The summed E-state index contributed by atoms with van der Waals surface area (Å²) in [5, 5.41) is 15.9. The van der Waals surface area contributed by atoms with Crippen LogP contribution in [0.4, 0.5) is 9.18 Å². The van der Waals surface area contributed by atoms with Gasteiger partial charge in [-0.2, -0.15) is 4.39 Å². The van der Waals surface area contributed by atoms with Crippen molar-refractivity contribution >= 4 is 6.09 Å². The number of halogens is 1. The zero-order valence-electron chi connectivity index (χ0n) is 14.9. The smallest absolute Gasteiger partial charge is 0.407 e. The van der Waals surface area contributed by atoms with Crippen LogP contribution in [0, 0.1) is 5.95 Å². The van der Waals surface area contributed by atoms with Crippen LogP contribution in [0.2, 0.25) is 0 Å². The van der Waals surface area contributed by atoms with Crippen LogP contribution in [0.25, 0.3) is 0 Å². The highest BCUT2D eigenvalue weighted by atomic mass is 19.1. The van der Waals surface area contributed by atoms with E-state index in [0.29, 0.717) is 18.5 Å². The lowest BCUT2D eigenvalue weighted by molar-refractivity contribution is 0.0188. The fraction of sp³-hybridized carbons (Fsp3) is 0.368. The Kier molecular flexibility index (Phi) is 6.20. The first kappa shape index (κ1) is 19.1. The maximum atomic E-state index is 13.1. The summed E-state index contributed by atoms with van der Waals surface area (Å²) in [4.78, 5) is 15.5. The lowest BCUT2D eigenvalue weighted by Crippen LogP contribution is -2.41. The number of nitrogens with zero attached hydrogens (tertiary/aromatic N) is 1. The number of carbonyl (C=O) groups is 1. The van der Waals surface area contributed by atoms with Gasteiger partial charge in [0.2, 0.25) is 5.95 Å². The number of benzene rings is 1. The first-order valence-corrected chi connectivity index (χ1v) is 8.64. The molecule has 8 heteroatoms. The van der Waals surface area contributed by atoms with Crippen LogP contribution < -0.4 is 15.4 Å². The third-order valence-electron chi connectivity index (χ3n) is 4.45. The van der Waals surface area contributed by atoms with E-state index in [9.17, 15) is 14.3 Å². The number of aliphatic hydroxyl groups excluding tert-OH is 1. The van der Waals surface area contributed by atoms with E-state index in [1.54, 1.807) is 13.2 Å². The summed E-state index contributed by atoms with van der Waals surface area (Å²) in [7, 11) is 1.60. The molecule has 0 radical (unpaired) electrons. The molecule has 1 amide bonds. The molecule has 1 aromatic heterocycles. The van der Waals surface area contributed by atoms with Gasteiger partial charge in [0.05, 0.1) is 13.2 Å². The van der Waals surface area contributed by atoms with Gasteiger partial charge in [-0.25, -0.2) is 9.78 Å². The average Bonchev–Trinajstić information content (AvgIpc) is 3.00. The molecule has 2 heterocycles. The standard InChI is InChI=1S/C19H22FN3O4/c1-26-14-4-2-12(3-5-14)8-15-18(16(24)11-22-15)27-19(25)23-10-13-6-7-21-17(20)9-13/h2-7,9,15-16,18,22,24H,8,10-11H2,1H3,(H,23,25)/t15-,16+,18+/m1/s1. The van der Waals surface area contributed by atoms with Gasteiger partial charge in [-0.1, -0.05) is 12.1 Å². The molecule has 27 heavy (non-hydrogen) atoms. The molecular weight excluding hydrogens is 353 g/mol. The highest BCUT2D eigenvalue weighted by Gasteiger charge is 2.37. The van der Waals surface area contributed by atoms with Crippen molar-refractivity contribution in [2.45, 2.75) is 31.2 Å². The summed E-state index contributed by atoms with van der Waals surface area (Å²) >= 11 is 0. The average molecular weight is 375 g/mol. The highest BCUT2D eigenvalue weighted by Crippen LogP contribution is 2.19. The molecule has 0 saturated carbocycles. The normalized spacial score (nSPS) is 21.7. The third-order valence-corrected chi connectivity index (χ3v) is 4.45. The van der Waals surface area contributed by atoms with Gasteiger partial charge in [0.25, 0.3) is 0 Å². The van der Waals surface area contributed by atoms with Gasteiger partial charge in [-0.3, -0.25) is 0 Å². The lowest BCUT2D eigenvalue weighted by Gasteiger charge is -2.22. The number of rotatable bonds is 6. The molecule has 2 aromatic rings. The van der Waals surface area contributed by atoms with Gasteiger partial charge in [0.15, 0.2) is 0 Å². The number of alkyl carbamates (subject to hydrolysis) is 1. The number of hydrogen-bond donors (Lipinski definition) is 3. The van der Waals surface area contributed by atoms with Gasteiger partial charge in [-0.05, 0) is 41.8 Å². The van der Waals surface area contributed by atoms with Crippen LogP contribution in [0.15, 0.2) is 42.6 Å². The van der Waals surface area contributed by atoms with E-state index in [1.165, 1.54) is 12.3 Å². The molecule has 0 spiro atoms. The maximum absolute atomic E-state index is 13.1. The molecule has 1 aliphatic heterocycles. The van der Waals surface area contributed by atoms with Crippen molar-refractivity contribution in [2.75, 3.05) is 13.7 Å². The summed E-state index contributed by atoms with van der Waals surface area (Å²) in [6.45, 7) is 0.450. The van der Waals surface area contributed by atoms with Crippen molar-refractivity contribution in [3.8, 4) is 5.75 Å². The van der Waals surface area contributed by atoms with Gasteiger partial charge in [0, 0.05) is 19.3 Å². The zero-order valence-corrected chi connectivity index (χ0v) is 14.9. The van der Waals surface area contributed by atoms with E-state index < -0.39 is 24.2 Å². The van der Waals surface area contributed by atoms with Crippen molar-refractivity contribution in [1.82, 2.24) is 15.6 Å². The van der Waals surface area contributed by atoms with E-state index in [0.717, 1.165) is 11.3 Å². The SMILES string of the molecule is COc1ccc(C[C@H]2NC[C@H](O)[C@H]2OC(=O)NCc2ccnc(F)c2)cc1. The molecule has 7 nitrogen and oxygen atoms in total. The van der Waals surface area contributed by atoms with Crippen molar-refractivity contribution in [1.29, 1.82) is 0 Å². The molecule has 3 N–H and O–H groups in total. The van der Waals surface area contributed by atoms with Crippen LogP contribution in [0.1, 0.15) is 11.1 Å². The lowest BCUT2D eigenvalue weighted by atomic mass is 10.0. The molecule has 1 fully saturated rings.